The Bertz CT molecular complexity index is 63.4. The fourth-order valence-corrected chi connectivity index (χ4v) is 0.395. The summed E-state index contributed by atoms with van der Waals surface area (Å²) in [6.45, 7) is 0. The van der Waals surface area contributed by atoms with Crippen LogP contribution >= 0.6 is 11.3 Å². The van der Waals surface area contributed by atoms with Crippen molar-refractivity contribution in [1.82, 2.24) is 4.98 Å². The van der Waals surface area contributed by atoms with E-state index >= 15 is 0 Å². The molecule has 24 valence electrons. The standard InChI is InChI=1S/C3HNS/c1-2-5-3-4-1/h2H. The molecule has 5 heavy (non-hydrogen) atoms. The van der Waals surface area contributed by atoms with E-state index in [4.69, 9.17) is 0 Å². The van der Waals surface area contributed by atoms with Gasteiger partial charge < -0.3 is 0 Å². The highest BCUT2D eigenvalue weighted by Gasteiger charge is 1.63. The summed E-state index contributed by atoms with van der Waals surface area (Å²) in [5.74, 6) is 0. The highest BCUT2D eigenvalue weighted by molar-refractivity contribution is 7.06. The van der Waals surface area contributed by atoms with Crippen LogP contribution in [0.3, 0.4) is 0 Å². The summed E-state index contributed by atoms with van der Waals surface area (Å²) in [6, 6.07) is 0. The smallest absolute Gasteiger partial charge is 0.152 e. The van der Waals surface area contributed by atoms with E-state index in [-0.39, 0.29) is 0 Å². The molecular weight excluding hydrogens is 82.1 g/mol. The quantitative estimate of drug-likeness (QED) is 0.451. The Morgan fingerprint density at radius 2 is 2.80 bits per heavy atom. The topological polar surface area (TPSA) is 12.9 Å². The predicted octanol–water partition coefficient (Wildman–Crippen LogP) is 0.743. The number of thiazole rings is 1. The van der Waals surface area contributed by atoms with Crippen LogP contribution in [0, 0.1) is 11.7 Å². The minimum atomic E-state index is 1.42. The summed E-state index contributed by atoms with van der Waals surface area (Å²) in [6.07, 6.45) is 2.57. The zero-order valence-corrected chi connectivity index (χ0v) is 3.25. The van der Waals surface area contributed by atoms with Gasteiger partial charge in [-0.05, 0) is 0 Å². The summed E-state index contributed by atoms with van der Waals surface area (Å²) < 4.78 is 0. The van der Waals surface area contributed by atoms with Gasteiger partial charge in [0.1, 0.15) is 6.20 Å². The maximum Gasteiger partial charge on any atom is 0.152 e. The highest BCUT2D eigenvalue weighted by Crippen LogP contribution is 1.83. The highest BCUT2D eigenvalue weighted by atomic mass is 32.1. The third-order valence-electron chi connectivity index (χ3n) is 0.275. The first kappa shape index (κ1) is 2.85. The third-order valence-corrected chi connectivity index (χ3v) is 0.694. The monoisotopic (exact) mass is 83.0 g/mol. The molecule has 1 nitrogen and oxygen atoms in total. The van der Waals surface area contributed by atoms with Crippen LogP contribution in [0.4, 0.5) is 0 Å². The summed E-state index contributed by atoms with van der Waals surface area (Å²) in [5, 5.41) is 1.75. The second-order valence-corrected chi connectivity index (χ2v) is 1.22. The van der Waals surface area contributed by atoms with Crippen LogP contribution in [0.2, 0.25) is 0 Å². The lowest BCUT2D eigenvalue weighted by Gasteiger charge is -1.36. The summed E-state index contributed by atoms with van der Waals surface area (Å²) >= 11 is 1.42. The molecule has 0 spiro atoms. The fourth-order valence-electron chi connectivity index (χ4n) is 0.132. The molecule has 0 aliphatic rings. The van der Waals surface area contributed by atoms with Gasteiger partial charge in [-0.25, -0.2) is 4.98 Å². The van der Waals surface area contributed by atoms with E-state index in [0.717, 1.165) is 0 Å². The van der Waals surface area contributed by atoms with E-state index in [2.05, 4.69) is 16.7 Å². The van der Waals surface area contributed by atoms with Crippen LogP contribution in [0.1, 0.15) is 0 Å². The van der Waals surface area contributed by atoms with Gasteiger partial charge in [-0.3, -0.25) is 0 Å². The Labute approximate surface area is 34.3 Å². The average molecular weight is 83.1 g/mol. The van der Waals surface area contributed by atoms with Gasteiger partial charge in [0.25, 0.3) is 0 Å². The van der Waals surface area contributed by atoms with E-state index in [1.807, 2.05) is 0 Å². The maximum absolute atomic E-state index is 3.49. The molecule has 0 amide bonds. The van der Waals surface area contributed by atoms with Crippen LogP contribution in [-0.4, -0.2) is 4.98 Å². The zero-order chi connectivity index (χ0) is 3.54. The van der Waals surface area contributed by atoms with Crippen LogP contribution in [0.5, 0.6) is 0 Å². The summed E-state index contributed by atoms with van der Waals surface area (Å²) in [4.78, 5) is 3.49. The average Bonchev–Trinajstić information content (AvgIpc) is 1.76. The van der Waals surface area contributed by atoms with Gasteiger partial charge >= 0.3 is 0 Å². The van der Waals surface area contributed by atoms with Crippen molar-refractivity contribution in [2.45, 2.75) is 0 Å². The minimum Gasteiger partial charge on any atom is -0.232 e. The molecule has 0 bridgehead atoms. The fraction of sp³-hybridized carbons (Fsp3) is 0. The number of rotatable bonds is 0. The molecule has 1 heterocycles. The van der Waals surface area contributed by atoms with Gasteiger partial charge in [-0.1, -0.05) is 0 Å². The van der Waals surface area contributed by atoms with Crippen LogP contribution in [-0.2, 0) is 0 Å². The molecule has 0 aromatic carbocycles. The first-order valence-electron chi connectivity index (χ1n) is 1.18. The van der Waals surface area contributed by atoms with Crippen LogP contribution in [0.15, 0.2) is 5.38 Å². The Morgan fingerprint density at radius 1 is 1.80 bits per heavy atom. The van der Waals surface area contributed by atoms with Crippen molar-refractivity contribution in [3.8, 4) is 0 Å². The van der Waals surface area contributed by atoms with Crippen molar-refractivity contribution in [1.29, 1.82) is 0 Å². The van der Waals surface area contributed by atoms with Gasteiger partial charge in [0.05, 0.1) is 0 Å². The molecule has 1 aromatic rings. The SMILES string of the molecule is [c]1cs[c]n1. The van der Waals surface area contributed by atoms with E-state index < -0.39 is 0 Å². The van der Waals surface area contributed by atoms with Gasteiger partial charge in [-0.2, -0.15) is 0 Å². The normalized spacial score (nSPS) is 8.00. The first-order valence-corrected chi connectivity index (χ1v) is 2.06. The molecule has 0 atom stereocenters. The van der Waals surface area contributed by atoms with E-state index in [1.54, 1.807) is 5.38 Å². The first-order chi connectivity index (χ1) is 2.50. The third kappa shape index (κ3) is 0.450. The van der Waals surface area contributed by atoms with Gasteiger partial charge in [0.15, 0.2) is 5.51 Å². The van der Waals surface area contributed by atoms with Crippen LogP contribution in [0.25, 0.3) is 0 Å². The number of hydrogen-bond donors (Lipinski definition) is 0. The molecule has 2 heteroatoms. The van der Waals surface area contributed by atoms with Crippen LogP contribution < -0.4 is 0 Å². The lowest BCUT2D eigenvalue weighted by molar-refractivity contribution is 1.39. The Morgan fingerprint density at radius 3 is 3.00 bits per heavy atom. The van der Waals surface area contributed by atoms with Crippen molar-refractivity contribution in [2.75, 3.05) is 0 Å². The Kier molecular flexibility index (Phi) is 0.667. The molecular formula is C3HNS. The predicted molar refractivity (Wildman–Crippen MR) is 19.8 cm³/mol. The van der Waals surface area contributed by atoms with Crippen molar-refractivity contribution in [3.63, 3.8) is 0 Å². The molecule has 0 saturated heterocycles. The van der Waals surface area contributed by atoms with Crippen molar-refractivity contribution < 1.29 is 0 Å². The Balaban J connectivity index is 3.13. The minimum absolute atomic E-state index is 1.42. The molecule has 0 fully saturated rings. The molecule has 0 aliphatic carbocycles. The van der Waals surface area contributed by atoms with E-state index in [1.165, 1.54) is 11.3 Å². The van der Waals surface area contributed by atoms with E-state index in [0.29, 0.717) is 0 Å². The van der Waals surface area contributed by atoms with E-state index in [9.17, 15) is 0 Å². The van der Waals surface area contributed by atoms with Crippen molar-refractivity contribution in [2.24, 2.45) is 0 Å². The number of hydrogen-bond acceptors (Lipinski definition) is 2. The summed E-state index contributed by atoms with van der Waals surface area (Å²) in [7, 11) is 0. The van der Waals surface area contributed by atoms with Crippen molar-refractivity contribution >= 4 is 11.3 Å². The molecule has 0 N–H and O–H groups in total. The second-order valence-electron chi connectivity index (χ2n) is 0.568. The molecule has 1 rings (SSSR count). The Hall–Kier alpha value is -0.370. The second kappa shape index (κ2) is 1.17. The largest absolute Gasteiger partial charge is 0.232 e. The number of nitrogens with zero attached hydrogens (tertiary/aromatic N) is 1. The maximum atomic E-state index is 3.49. The molecule has 0 unspecified atom stereocenters. The van der Waals surface area contributed by atoms with Gasteiger partial charge in [-0.15, -0.1) is 11.3 Å². The number of aromatic nitrogens is 1. The molecule has 1 aromatic heterocycles. The summed E-state index contributed by atoms with van der Waals surface area (Å²) in [5.41, 5.74) is 2.60. The van der Waals surface area contributed by atoms with Gasteiger partial charge in [0, 0.05) is 5.38 Å². The van der Waals surface area contributed by atoms with Gasteiger partial charge in [0.2, 0.25) is 0 Å². The lowest BCUT2D eigenvalue weighted by atomic mass is 11.0. The molecule has 0 aliphatic heterocycles. The molecule has 0 saturated carbocycles. The van der Waals surface area contributed by atoms with Crippen molar-refractivity contribution in [3.05, 3.63) is 17.1 Å². The lowest BCUT2D eigenvalue weighted by Crippen LogP contribution is -1.41. The zero-order valence-electron chi connectivity index (χ0n) is 2.43. The molecule has 2 radical (unpaired) electrons.